The minimum Gasteiger partial charge on any atom is -0.481 e. The molecule has 0 saturated heterocycles. The molecule has 4 nitrogen and oxygen atoms in total. The number of amides is 1. The maximum Gasteiger partial charge on any atom is 0.307 e. The topological polar surface area (TPSA) is 66.4 Å². The van der Waals surface area contributed by atoms with Crippen molar-refractivity contribution in [2.45, 2.75) is 19.3 Å². The fraction of sp³-hybridized carbons (Fsp3) is 0.429. The van der Waals surface area contributed by atoms with Crippen LogP contribution in [0.1, 0.15) is 17.7 Å². The second-order valence-corrected chi connectivity index (χ2v) is 5.65. The molecule has 0 bridgehead atoms. The van der Waals surface area contributed by atoms with Crippen LogP contribution in [0, 0.1) is 11.8 Å². The van der Waals surface area contributed by atoms with Crippen molar-refractivity contribution >= 4 is 23.2 Å². The number of allylic oxidation sites excluding steroid dienone is 2. The van der Waals surface area contributed by atoms with E-state index in [2.05, 4.69) is 5.32 Å². The Morgan fingerprint density at radius 2 is 2.05 bits per heavy atom. The summed E-state index contributed by atoms with van der Waals surface area (Å²) in [7, 11) is 0. The van der Waals surface area contributed by atoms with Crippen LogP contribution in [-0.4, -0.2) is 23.5 Å². The summed E-state index contributed by atoms with van der Waals surface area (Å²) < 4.78 is 0. The largest absolute Gasteiger partial charge is 0.481 e. The molecule has 2 rings (SSSR count). The van der Waals surface area contributed by atoms with Crippen molar-refractivity contribution in [1.82, 2.24) is 5.32 Å². The maximum atomic E-state index is 12.0. The van der Waals surface area contributed by atoms with Crippen LogP contribution in [0.5, 0.6) is 0 Å². The predicted molar refractivity (Wildman–Crippen MR) is 74.0 cm³/mol. The number of hydrogen-bond donors (Lipinski definition) is 2. The summed E-state index contributed by atoms with van der Waals surface area (Å²) in [6, 6.07) is 4.01. The third-order valence-corrected chi connectivity index (χ3v) is 4.27. The SMILES string of the molecule is O=C(O)[C@H]1CC=CC[C@H]1C(=O)NCCc1cccs1. The van der Waals surface area contributed by atoms with Crippen molar-refractivity contribution in [3.05, 3.63) is 34.5 Å². The van der Waals surface area contributed by atoms with Gasteiger partial charge in [-0.1, -0.05) is 18.2 Å². The van der Waals surface area contributed by atoms with Crippen LogP contribution >= 0.6 is 11.3 Å². The zero-order chi connectivity index (χ0) is 13.7. The smallest absolute Gasteiger partial charge is 0.307 e. The van der Waals surface area contributed by atoms with E-state index in [1.54, 1.807) is 11.3 Å². The van der Waals surface area contributed by atoms with Crippen LogP contribution in [0.4, 0.5) is 0 Å². The lowest BCUT2D eigenvalue weighted by Gasteiger charge is -2.24. The highest BCUT2D eigenvalue weighted by atomic mass is 32.1. The molecule has 1 aliphatic carbocycles. The Hall–Kier alpha value is -1.62. The second-order valence-electron chi connectivity index (χ2n) is 4.61. The molecule has 1 aromatic heterocycles. The molecule has 19 heavy (non-hydrogen) atoms. The zero-order valence-electron chi connectivity index (χ0n) is 10.5. The molecule has 2 N–H and O–H groups in total. The van der Waals surface area contributed by atoms with Gasteiger partial charge in [0, 0.05) is 11.4 Å². The first-order valence-electron chi connectivity index (χ1n) is 6.36. The highest BCUT2D eigenvalue weighted by Crippen LogP contribution is 2.26. The van der Waals surface area contributed by atoms with Gasteiger partial charge < -0.3 is 10.4 Å². The van der Waals surface area contributed by atoms with Crippen molar-refractivity contribution in [3.8, 4) is 0 Å². The van der Waals surface area contributed by atoms with E-state index in [1.807, 2.05) is 29.7 Å². The number of rotatable bonds is 5. The van der Waals surface area contributed by atoms with Gasteiger partial charge in [-0.05, 0) is 30.7 Å². The monoisotopic (exact) mass is 279 g/mol. The van der Waals surface area contributed by atoms with Crippen LogP contribution < -0.4 is 5.32 Å². The summed E-state index contributed by atoms with van der Waals surface area (Å²) in [5.41, 5.74) is 0. The quantitative estimate of drug-likeness (QED) is 0.811. The first kappa shape index (κ1) is 13.8. The van der Waals surface area contributed by atoms with Crippen LogP contribution in [0.25, 0.3) is 0 Å². The zero-order valence-corrected chi connectivity index (χ0v) is 11.4. The molecule has 0 radical (unpaired) electrons. The van der Waals surface area contributed by atoms with Crippen molar-refractivity contribution in [1.29, 1.82) is 0 Å². The molecular weight excluding hydrogens is 262 g/mol. The third-order valence-electron chi connectivity index (χ3n) is 3.34. The number of nitrogens with one attached hydrogen (secondary N) is 1. The molecule has 0 spiro atoms. The molecule has 0 unspecified atom stereocenters. The molecule has 0 aromatic carbocycles. The van der Waals surface area contributed by atoms with E-state index in [0.29, 0.717) is 19.4 Å². The molecule has 102 valence electrons. The second kappa shape index (κ2) is 6.52. The fourth-order valence-corrected chi connectivity index (χ4v) is 2.98. The number of hydrogen-bond acceptors (Lipinski definition) is 3. The summed E-state index contributed by atoms with van der Waals surface area (Å²) in [5, 5.41) is 14.0. The summed E-state index contributed by atoms with van der Waals surface area (Å²) in [6.07, 6.45) is 5.49. The molecular formula is C14H17NO3S. The minimum absolute atomic E-state index is 0.145. The van der Waals surface area contributed by atoms with Gasteiger partial charge in [-0.2, -0.15) is 0 Å². The third kappa shape index (κ3) is 3.67. The van der Waals surface area contributed by atoms with E-state index in [4.69, 9.17) is 5.11 Å². The Morgan fingerprint density at radius 3 is 2.68 bits per heavy atom. The molecule has 1 aliphatic rings. The summed E-state index contributed by atoms with van der Waals surface area (Å²) >= 11 is 1.66. The molecule has 0 fully saturated rings. The summed E-state index contributed by atoms with van der Waals surface area (Å²) in [4.78, 5) is 24.4. The van der Waals surface area contributed by atoms with Gasteiger partial charge in [-0.25, -0.2) is 0 Å². The van der Waals surface area contributed by atoms with Crippen molar-refractivity contribution in [3.63, 3.8) is 0 Å². The van der Waals surface area contributed by atoms with Gasteiger partial charge in [0.05, 0.1) is 11.8 Å². The first-order valence-corrected chi connectivity index (χ1v) is 7.24. The predicted octanol–water partition coefficient (Wildman–Crippen LogP) is 2.07. The van der Waals surface area contributed by atoms with Crippen molar-refractivity contribution in [2.24, 2.45) is 11.8 Å². The maximum absolute atomic E-state index is 12.0. The standard InChI is InChI=1S/C14H17NO3S/c16-13(15-8-7-10-4-3-9-19-10)11-5-1-2-6-12(11)14(17)18/h1-4,9,11-12H,5-8H2,(H,15,16)(H,17,18)/t11-,12+/m1/s1. The normalized spacial score (nSPS) is 22.1. The summed E-state index contributed by atoms with van der Waals surface area (Å²) in [6.45, 7) is 0.561. The number of carboxylic acid groups (broad SMARTS) is 1. The number of carbonyl (C=O) groups excluding carboxylic acids is 1. The molecule has 2 atom stereocenters. The molecule has 5 heteroatoms. The van der Waals surface area contributed by atoms with Gasteiger partial charge in [0.2, 0.25) is 5.91 Å². The van der Waals surface area contributed by atoms with Crippen LogP contribution in [0.15, 0.2) is 29.7 Å². The molecule has 0 aliphatic heterocycles. The number of carbonyl (C=O) groups is 2. The minimum atomic E-state index is -0.886. The highest BCUT2D eigenvalue weighted by Gasteiger charge is 2.33. The lowest BCUT2D eigenvalue weighted by Crippen LogP contribution is -2.39. The van der Waals surface area contributed by atoms with Gasteiger partial charge in [0.25, 0.3) is 0 Å². The van der Waals surface area contributed by atoms with Crippen molar-refractivity contribution in [2.75, 3.05) is 6.54 Å². The van der Waals surface area contributed by atoms with Gasteiger partial charge >= 0.3 is 5.97 Å². The van der Waals surface area contributed by atoms with Crippen LogP contribution in [0.3, 0.4) is 0 Å². The van der Waals surface area contributed by atoms with E-state index < -0.39 is 17.8 Å². The van der Waals surface area contributed by atoms with Gasteiger partial charge in [-0.15, -0.1) is 11.3 Å². The number of thiophene rings is 1. The number of aliphatic carboxylic acids is 1. The van der Waals surface area contributed by atoms with Gasteiger partial charge in [0.15, 0.2) is 0 Å². The van der Waals surface area contributed by atoms with E-state index >= 15 is 0 Å². The number of carboxylic acids is 1. The van der Waals surface area contributed by atoms with E-state index in [9.17, 15) is 9.59 Å². The average molecular weight is 279 g/mol. The Balaban J connectivity index is 1.84. The van der Waals surface area contributed by atoms with E-state index in [1.165, 1.54) is 4.88 Å². The fourth-order valence-electron chi connectivity index (χ4n) is 2.27. The lowest BCUT2D eigenvalue weighted by molar-refractivity contribution is -0.147. The molecule has 1 amide bonds. The Labute approximate surface area is 116 Å². The van der Waals surface area contributed by atoms with Crippen molar-refractivity contribution < 1.29 is 14.7 Å². The Morgan fingerprint density at radius 1 is 1.32 bits per heavy atom. The first-order chi connectivity index (χ1) is 9.18. The van der Waals surface area contributed by atoms with E-state index in [-0.39, 0.29) is 5.91 Å². The average Bonchev–Trinajstić information content (AvgIpc) is 2.91. The Bertz CT molecular complexity index is 467. The summed E-state index contributed by atoms with van der Waals surface area (Å²) in [5.74, 6) is -2.06. The van der Waals surface area contributed by atoms with Crippen LogP contribution in [-0.2, 0) is 16.0 Å². The molecule has 1 aromatic rings. The Kier molecular flexibility index (Phi) is 4.74. The highest BCUT2D eigenvalue weighted by molar-refractivity contribution is 7.09. The van der Waals surface area contributed by atoms with E-state index in [0.717, 1.165) is 6.42 Å². The molecule has 0 saturated carbocycles. The van der Waals surface area contributed by atoms with Gasteiger partial charge in [-0.3, -0.25) is 9.59 Å². The van der Waals surface area contributed by atoms with Gasteiger partial charge in [0.1, 0.15) is 0 Å². The molecule has 1 heterocycles. The van der Waals surface area contributed by atoms with Crippen LogP contribution in [0.2, 0.25) is 0 Å². The lowest BCUT2D eigenvalue weighted by atomic mass is 9.82.